The summed E-state index contributed by atoms with van der Waals surface area (Å²) in [5.41, 5.74) is 9.09. The van der Waals surface area contributed by atoms with Gasteiger partial charge in [-0.1, -0.05) is 25.4 Å². The number of benzene rings is 1. The number of carbonyl (C=O) groups is 1. The summed E-state index contributed by atoms with van der Waals surface area (Å²) < 4.78 is 6.69. The van der Waals surface area contributed by atoms with Gasteiger partial charge in [0.15, 0.2) is 0 Å². The Balaban J connectivity index is 2.42. The molecule has 0 spiro atoms. The topological polar surface area (TPSA) is 57.2 Å². The van der Waals surface area contributed by atoms with Crippen molar-refractivity contribution >= 4 is 23.3 Å². The van der Waals surface area contributed by atoms with Gasteiger partial charge < -0.3 is 15.0 Å². The summed E-state index contributed by atoms with van der Waals surface area (Å²) >= 11 is 6.01. The lowest BCUT2D eigenvalue weighted by Gasteiger charge is -2.10. The highest BCUT2D eigenvalue weighted by molar-refractivity contribution is 6.30. The Kier molecular flexibility index (Phi) is 4.58. The molecule has 0 radical (unpaired) electrons. The van der Waals surface area contributed by atoms with E-state index in [4.69, 9.17) is 22.1 Å². The van der Waals surface area contributed by atoms with Crippen LogP contribution >= 0.6 is 11.6 Å². The number of methoxy groups -OCH3 is 1. The van der Waals surface area contributed by atoms with Crippen molar-refractivity contribution in [2.75, 3.05) is 12.8 Å². The van der Waals surface area contributed by atoms with E-state index in [1.54, 1.807) is 12.1 Å². The van der Waals surface area contributed by atoms with Gasteiger partial charge in [-0.25, -0.2) is 4.79 Å². The van der Waals surface area contributed by atoms with Crippen molar-refractivity contribution in [3.8, 4) is 0 Å². The van der Waals surface area contributed by atoms with Gasteiger partial charge in [0.05, 0.1) is 7.11 Å². The maximum atomic E-state index is 11.9. The van der Waals surface area contributed by atoms with Crippen LogP contribution in [-0.2, 0) is 11.3 Å². The average molecular weight is 307 g/mol. The Hall–Kier alpha value is -1.94. The summed E-state index contributed by atoms with van der Waals surface area (Å²) in [4.78, 5) is 11.9. The molecule has 0 aliphatic heterocycles. The van der Waals surface area contributed by atoms with Gasteiger partial charge in [0.25, 0.3) is 0 Å². The molecule has 0 atom stereocenters. The minimum absolute atomic E-state index is 0.325. The summed E-state index contributed by atoms with van der Waals surface area (Å²) in [6, 6.07) is 7.18. The van der Waals surface area contributed by atoms with Crippen LogP contribution < -0.4 is 5.73 Å². The summed E-state index contributed by atoms with van der Waals surface area (Å²) in [7, 11) is 1.38. The molecule has 2 rings (SSSR count). The number of anilines is 1. The number of nitrogen functional groups attached to an aromatic ring is 1. The Bertz CT molecular complexity index is 662. The Labute approximate surface area is 129 Å². The normalized spacial score (nSPS) is 10.9. The summed E-state index contributed by atoms with van der Waals surface area (Å²) in [6.07, 6.45) is 1.96. The fourth-order valence-corrected chi connectivity index (χ4v) is 2.34. The first-order valence-electron chi connectivity index (χ1n) is 6.74. The molecule has 0 fully saturated rings. The van der Waals surface area contributed by atoms with Gasteiger partial charge in [-0.3, -0.25) is 0 Å². The summed E-state index contributed by atoms with van der Waals surface area (Å²) in [5, 5.41) is 0.620. The standard InChI is InChI=1S/C16H19ClN2O2/c1-10(2)11-7-15(16(20)21-3)19(8-11)9-12-6-13(17)4-5-14(12)18/h4-8,10H,9,18H2,1-3H3. The number of ether oxygens (including phenoxy) is 1. The van der Waals surface area contributed by atoms with Crippen molar-refractivity contribution in [1.29, 1.82) is 0 Å². The predicted molar refractivity (Wildman–Crippen MR) is 84.8 cm³/mol. The number of hydrogen-bond donors (Lipinski definition) is 1. The van der Waals surface area contributed by atoms with E-state index in [-0.39, 0.29) is 5.97 Å². The molecule has 2 N–H and O–H groups in total. The Morgan fingerprint density at radius 3 is 2.71 bits per heavy atom. The van der Waals surface area contributed by atoms with Crippen LogP contribution in [0, 0.1) is 0 Å². The van der Waals surface area contributed by atoms with Crippen molar-refractivity contribution in [3.05, 3.63) is 52.3 Å². The van der Waals surface area contributed by atoms with Crippen molar-refractivity contribution in [2.45, 2.75) is 26.3 Å². The molecule has 0 aliphatic carbocycles. The number of nitrogens with two attached hydrogens (primary N) is 1. The molecule has 2 aromatic rings. The monoisotopic (exact) mass is 306 g/mol. The number of esters is 1. The number of aromatic nitrogens is 1. The lowest BCUT2D eigenvalue weighted by Crippen LogP contribution is -2.11. The minimum Gasteiger partial charge on any atom is -0.464 e. The van der Waals surface area contributed by atoms with E-state index in [0.717, 1.165) is 11.1 Å². The molecule has 112 valence electrons. The lowest BCUT2D eigenvalue weighted by molar-refractivity contribution is 0.0589. The van der Waals surface area contributed by atoms with Crippen LogP contribution in [0.4, 0.5) is 5.69 Å². The van der Waals surface area contributed by atoms with E-state index < -0.39 is 0 Å². The number of halogens is 1. The molecule has 0 saturated heterocycles. The summed E-state index contributed by atoms with van der Waals surface area (Å²) in [5.74, 6) is -0.0335. The first kappa shape index (κ1) is 15.4. The molecule has 1 aromatic carbocycles. The third-order valence-electron chi connectivity index (χ3n) is 3.42. The van der Waals surface area contributed by atoms with E-state index in [0.29, 0.717) is 28.9 Å². The van der Waals surface area contributed by atoms with Gasteiger partial charge in [-0.2, -0.15) is 0 Å². The van der Waals surface area contributed by atoms with Crippen LogP contribution in [0.15, 0.2) is 30.5 Å². The molecule has 0 saturated carbocycles. The van der Waals surface area contributed by atoms with Gasteiger partial charge in [0, 0.05) is 23.5 Å². The molecular weight excluding hydrogens is 288 g/mol. The molecule has 21 heavy (non-hydrogen) atoms. The largest absolute Gasteiger partial charge is 0.464 e. The van der Waals surface area contributed by atoms with E-state index in [2.05, 4.69) is 13.8 Å². The first-order valence-corrected chi connectivity index (χ1v) is 7.12. The lowest BCUT2D eigenvalue weighted by atomic mass is 10.1. The van der Waals surface area contributed by atoms with Crippen LogP contribution in [0.25, 0.3) is 0 Å². The highest BCUT2D eigenvalue weighted by Gasteiger charge is 2.16. The molecular formula is C16H19ClN2O2. The Morgan fingerprint density at radius 1 is 1.38 bits per heavy atom. The zero-order valence-electron chi connectivity index (χ0n) is 12.4. The molecule has 4 nitrogen and oxygen atoms in total. The van der Waals surface area contributed by atoms with Gasteiger partial charge in [-0.05, 0) is 41.3 Å². The van der Waals surface area contributed by atoms with Crippen LogP contribution in [0.2, 0.25) is 5.02 Å². The first-order chi connectivity index (χ1) is 9.92. The smallest absolute Gasteiger partial charge is 0.354 e. The van der Waals surface area contributed by atoms with E-state index in [1.807, 2.05) is 22.9 Å². The quantitative estimate of drug-likeness (QED) is 0.692. The SMILES string of the molecule is COC(=O)c1cc(C(C)C)cn1Cc1cc(Cl)ccc1N. The molecule has 0 aliphatic rings. The molecule has 1 heterocycles. The van der Waals surface area contributed by atoms with E-state index in [9.17, 15) is 4.79 Å². The highest BCUT2D eigenvalue weighted by atomic mass is 35.5. The second-order valence-electron chi connectivity index (χ2n) is 5.28. The molecule has 0 amide bonds. The maximum Gasteiger partial charge on any atom is 0.354 e. The highest BCUT2D eigenvalue weighted by Crippen LogP contribution is 2.23. The number of nitrogens with zero attached hydrogens (tertiary/aromatic N) is 1. The van der Waals surface area contributed by atoms with Crippen molar-refractivity contribution in [3.63, 3.8) is 0 Å². The zero-order valence-corrected chi connectivity index (χ0v) is 13.1. The number of carbonyl (C=O) groups excluding carboxylic acids is 1. The summed E-state index contributed by atoms with van der Waals surface area (Å²) in [6.45, 7) is 4.63. The number of rotatable bonds is 4. The fourth-order valence-electron chi connectivity index (χ4n) is 2.15. The zero-order chi connectivity index (χ0) is 15.6. The van der Waals surface area contributed by atoms with Gasteiger partial charge in [0.2, 0.25) is 0 Å². The third kappa shape index (κ3) is 3.39. The van der Waals surface area contributed by atoms with Crippen molar-refractivity contribution < 1.29 is 9.53 Å². The third-order valence-corrected chi connectivity index (χ3v) is 3.66. The van der Waals surface area contributed by atoms with Gasteiger partial charge in [0.1, 0.15) is 5.69 Å². The fraction of sp³-hybridized carbons (Fsp3) is 0.312. The molecule has 0 unspecified atom stereocenters. The van der Waals surface area contributed by atoms with Gasteiger partial charge >= 0.3 is 5.97 Å². The molecule has 1 aromatic heterocycles. The second kappa shape index (κ2) is 6.22. The molecule has 0 bridgehead atoms. The van der Waals surface area contributed by atoms with Crippen LogP contribution in [0.1, 0.15) is 41.4 Å². The Morgan fingerprint density at radius 2 is 2.10 bits per heavy atom. The van der Waals surface area contributed by atoms with Crippen molar-refractivity contribution in [2.24, 2.45) is 0 Å². The van der Waals surface area contributed by atoms with Crippen LogP contribution in [0.5, 0.6) is 0 Å². The van der Waals surface area contributed by atoms with E-state index >= 15 is 0 Å². The number of hydrogen-bond acceptors (Lipinski definition) is 3. The molecule has 5 heteroatoms. The average Bonchev–Trinajstić information content (AvgIpc) is 2.86. The van der Waals surface area contributed by atoms with Crippen molar-refractivity contribution in [1.82, 2.24) is 4.57 Å². The van der Waals surface area contributed by atoms with Gasteiger partial charge in [-0.15, -0.1) is 0 Å². The minimum atomic E-state index is -0.359. The second-order valence-corrected chi connectivity index (χ2v) is 5.71. The predicted octanol–water partition coefficient (Wildman–Crippen LogP) is 3.68. The maximum absolute atomic E-state index is 11.9. The van der Waals surface area contributed by atoms with Crippen LogP contribution in [0.3, 0.4) is 0 Å². The van der Waals surface area contributed by atoms with E-state index in [1.165, 1.54) is 7.11 Å². The van der Waals surface area contributed by atoms with Crippen LogP contribution in [-0.4, -0.2) is 17.6 Å².